The van der Waals surface area contributed by atoms with Gasteiger partial charge >= 0.3 is 6.18 Å². The molecule has 2 nitrogen and oxygen atoms in total. The van der Waals surface area contributed by atoms with E-state index in [1.165, 1.54) is 12.1 Å². The van der Waals surface area contributed by atoms with Crippen molar-refractivity contribution in [2.45, 2.75) is 17.5 Å². The van der Waals surface area contributed by atoms with E-state index in [0.29, 0.717) is 12.1 Å². The Morgan fingerprint density at radius 3 is 2.48 bits per heavy atom. The molecule has 2 aromatic carbocycles. The number of thioether (sulfide) groups is 1. The maximum atomic E-state index is 12.6. The molecule has 0 aromatic heterocycles. The Balaban J connectivity index is 1.54. The molecule has 1 heterocycles. The fourth-order valence-electron chi connectivity index (χ4n) is 2.70. The van der Waals surface area contributed by atoms with Crippen LogP contribution in [0.1, 0.15) is 12.0 Å². The topological polar surface area (TPSA) is 24.4 Å². The highest BCUT2D eigenvalue weighted by Crippen LogP contribution is 2.43. The molecule has 126 valence electrons. The van der Waals surface area contributed by atoms with Crippen LogP contribution in [0, 0.1) is 0 Å². The molecule has 1 aliphatic heterocycles. The average molecular weight is 358 g/mol. The van der Waals surface area contributed by atoms with E-state index in [1.54, 1.807) is 11.8 Å². The second kappa shape index (κ2) is 6.11. The SMILES string of the molecule is FC(F)(F)c1ccc(N=C2C=CC3=C(C2)Sc2ccccc2N3)cc1. The highest BCUT2D eigenvalue weighted by Gasteiger charge is 2.30. The molecule has 0 fully saturated rings. The van der Waals surface area contributed by atoms with Gasteiger partial charge in [-0.15, -0.1) is 0 Å². The van der Waals surface area contributed by atoms with E-state index < -0.39 is 11.7 Å². The minimum Gasteiger partial charge on any atom is -0.354 e. The Labute approximate surface area is 147 Å². The molecule has 1 aliphatic carbocycles. The second-order valence-corrected chi connectivity index (χ2v) is 6.85. The first-order valence-corrected chi connectivity index (χ1v) is 8.51. The van der Waals surface area contributed by atoms with Crippen LogP contribution < -0.4 is 5.32 Å². The Morgan fingerprint density at radius 2 is 1.72 bits per heavy atom. The van der Waals surface area contributed by atoms with Crippen molar-refractivity contribution in [2.24, 2.45) is 4.99 Å². The summed E-state index contributed by atoms with van der Waals surface area (Å²) in [6.07, 6.45) is 0.190. The van der Waals surface area contributed by atoms with Crippen molar-refractivity contribution >= 4 is 28.8 Å². The lowest BCUT2D eigenvalue weighted by Gasteiger charge is -2.24. The molecule has 0 atom stereocenters. The molecule has 0 saturated heterocycles. The number of para-hydroxylation sites is 1. The fourth-order valence-corrected chi connectivity index (χ4v) is 3.79. The highest BCUT2D eigenvalue weighted by atomic mass is 32.2. The van der Waals surface area contributed by atoms with Gasteiger partial charge in [0, 0.05) is 27.6 Å². The molecular formula is C19H13F3N2S. The number of hydrogen-bond donors (Lipinski definition) is 1. The zero-order valence-corrected chi connectivity index (χ0v) is 13.8. The van der Waals surface area contributed by atoms with Gasteiger partial charge in [0.2, 0.25) is 0 Å². The first-order chi connectivity index (χ1) is 12.0. The Morgan fingerprint density at radius 1 is 0.960 bits per heavy atom. The number of anilines is 1. The third kappa shape index (κ3) is 3.35. The van der Waals surface area contributed by atoms with Crippen molar-refractivity contribution < 1.29 is 13.2 Å². The first-order valence-electron chi connectivity index (χ1n) is 7.69. The standard InChI is InChI=1S/C19H13F3N2S/c20-19(21,22)12-5-7-13(8-6-12)23-14-9-10-16-18(11-14)25-17-4-2-1-3-15(17)24-16/h1-10,24H,11H2. The molecule has 0 bridgehead atoms. The highest BCUT2D eigenvalue weighted by molar-refractivity contribution is 8.03. The van der Waals surface area contributed by atoms with Crippen LogP contribution in [0.4, 0.5) is 24.5 Å². The number of halogens is 3. The average Bonchev–Trinajstić information content (AvgIpc) is 2.59. The summed E-state index contributed by atoms with van der Waals surface area (Å²) in [7, 11) is 0. The lowest BCUT2D eigenvalue weighted by atomic mass is 10.1. The maximum absolute atomic E-state index is 12.6. The number of rotatable bonds is 1. The number of nitrogens with one attached hydrogen (secondary N) is 1. The molecule has 2 aromatic rings. The number of benzene rings is 2. The number of nitrogens with zero attached hydrogens (tertiary/aromatic N) is 1. The predicted octanol–water partition coefficient (Wildman–Crippen LogP) is 6.17. The molecule has 25 heavy (non-hydrogen) atoms. The van der Waals surface area contributed by atoms with Crippen molar-refractivity contribution in [3.8, 4) is 0 Å². The normalized spacial score (nSPS) is 18.0. The molecule has 0 amide bonds. The Kier molecular flexibility index (Phi) is 3.92. The van der Waals surface area contributed by atoms with Crippen molar-refractivity contribution in [2.75, 3.05) is 5.32 Å². The Bertz CT molecular complexity index is 909. The predicted molar refractivity (Wildman–Crippen MR) is 95.2 cm³/mol. The van der Waals surface area contributed by atoms with Crippen LogP contribution in [0.25, 0.3) is 0 Å². The molecule has 4 rings (SSSR count). The second-order valence-electron chi connectivity index (χ2n) is 5.72. The van der Waals surface area contributed by atoms with Crippen molar-refractivity contribution in [1.82, 2.24) is 0 Å². The summed E-state index contributed by atoms with van der Waals surface area (Å²) < 4.78 is 37.9. The zero-order valence-electron chi connectivity index (χ0n) is 13.0. The van der Waals surface area contributed by atoms with Crippen LogP contribution in [0.3, 0.4) is 0 Å². The van der Waals surface area contributed by atoms with E-state index in [4.69, 9.17) is 0 Å². The number of fused-ring (bicyclic) bond motifs is 1. The van der Waals surface area contributed by atoms with Gasteiger partial charge in [0.05, 0.1) is 16.9 Å². The van der Waals surface area contributed by atoms with Crippen LogP contribution in [-0.4, -0.2) is 5.71 Å². The van der Waals surface area contributed by atoms with E-state index >= 15 is 0 Å². The van der Waals surface area contributed by atoms with Crippen LogP contribution in [-0.2, 0) is 6.18 Å². The number of alkyl halides is 3. The summed E-state index contributed by atoms with van der Waals surface area (Å²) in [5, 5.41) is 3.40. The largest absolute Gasteiger partial charge is 0.416 e. The third-order valence-corrected chi connectivity index (χ3v) is 5.13. The van der Waals surface area contributed by atoms with E-state index in [2.05, 4.69) is 16.4 Å². The minimum absolute atomic E-state index is 0.519. The van der Waals surface area contributed by atoms with Gasteiger partial charge in [0.1, 0.15) is 0 Å². The summed E-state index contributed by atoms with van der Waals surface area (Å²) in [6, 6.07) is 13.0. The molecule has 0 unspecified atom stereocenters. The summed E-state index contributed by atoms with van der Waals surface area (Å²) in [6.45, 7) is 0. The van der Waals surface area contributed by atoms with Gasteiger partial charge < -0.3 is 5.32 Å². The van der Waals surface area contributed by atoms with E-state index in [1.807, 2.05) is 30.4 Å². The van der Waals surface area contributed by atoms with Crippen molar-refractivity contribution in [1.29, 1.82) is 0 Å². The molecule has 0 radical (unpaired) electrons. The van der Waals surface area contributed by atoms with Crippen molar-refractivity contribution in [3.63, 3.8) is 0 Å². The Hall–Kier alpha value is -2.47. The fraction of sp³-hybridized carbons (Fsp3) is 0.105. The van der Waals surface area contributed by atoms with Crippen LogP contribution >= 0.6 is 11.8 Å². The number of aliphatic imine (C=N–C) groups is 1. The summed E-state index contributed by atoms with van der Waals surface area (Å²) >= 11 is 1.70. The maximum Gasteiger partial charge on any atom is 0.416 e. The molecule has 1 N–H and O–H groups in total. The molecular weight excluding hydrogens is 345 g/mol. The lowest BCUT2D eigenvalue weighted by Crippen LogP contribution is -2.12. The van der Waals surface area contributed by atoms with Crippen LogP contribution in [0.15, 0.2) is 81.2 Å². The molecule has 0 spiro atoms. The van der Waals surface area contributed by atoms with Gasteiger partial charge in [0.15, 0.2) is 0 Å². The third-order valence-electron chi connectivity index (χ3n) is 3.94. The van der Waals surface area contributed by atoms with Gasteiger partial charge in [-0.2, -0.15) is 13.2 Å². The van der Waals surface area contributed by atoms with Gasteiger partial charge in [-0.25, -0.2) is 0 Å². The summed E-state index contributed by atoms with van der Waals surface area (Å²) in [5.41, 5.74) is 2.82. The quantitative estimate of drug-likeness (QED) is 0.659. The zero-order chi connectivity index (χ0) is 17.4. The van der Waals surface area contributed by atoms with Gasteiger partial charge in [0.25, 0.3) is 0 Å². The minimum atomic E-state index is -4.33. The van der Waals surface area contributed by atoms with Crippen LogP contribution in [0.2, 0.25) is 0 Å². The number of allylic oxidation sites excluding steroid dienone is 3. The van der Waals surface area contributed by atoms with E-state index in [-0.39, 0.29) is 0 Å². The van der Waals surface area contributed by atoms with Gasteiger partial charge in [-0.05, 0) is 48.6 Å². The van der Waals surface area contributed by atoms with Crippen LogP contribution in [0.5, 0.6) is 0 Å². The molecule has 0 saturated carbocycles. The monoisotopic (exact) mass is 358 g/mol. The summed E-state index contributed by atoms with van der Waals surface area (Å²) in [5.74, 6) is 0. The summed E-state index contributed by atoms with van der Waals surface area (Å²) in [4.78, 5) is 6.79. The lowest BCUT2D eigenvalue weighted by molar-refractivity contribution is -0.137. The number of hydrogen-bond acceptors (Lipinski definition) is 3. The van der Waals surface area contributed by atoms with E-state index in [0.717, 1.165) is 39.0 Å². The first kappa shape index (κ1) is 16.0. The molecule has 2 aliphatic rings. The smallest absolute Gasteiger partial charge is 0.354 e. The van der Waals surface area contributed by atoms with Crippen molar-refractivity contribution in [3.05, 3.63) is 76.8 Å². The molecule has 6 heteroatoms. The van der Waals surface area contributed by atoms with Gasteiger partial charge in [-0.1, -0.05) is 23.9 Å². The van der Waals surface area contributed by atoms with Gasteiger partial charge in [-0.3, -0.25) is 4.99 Å². The van der Waals surface area contributed by atoms with E-state index in [9.17, 15) is 13.2 Å².